The number of halogens is 1. The van der Waals surface area contributed by atoms with Crippen LogP contribution in [0.2, 0.25) is 0 Å². The largest absolute Gasteiger partial charge is 0.385 e. The van der Waals surface area contributed by atoms with E-state index in [4.69, 9.17) is 4.74 Å². The smallest absolute Gasteiger partial charge is 0.191 e. The zero-order chi connectivity index (χ0) is 21.6. The van der Waals surface area contributed by atoms with E-state index in [2.05, 4.69) is 74.8 Å². The van der Waals surface area contributed by atoms with Crippen LogP contribution >= 0.6 is 24.0 Å². The third kappa shape index (κ3) is 11.0. The fourth-order valence-corrected chi connectivity index (χ4v) is 3.88. The van der Waals surface area contributed by atoms with Crippen LogP contribution in [0.1, 0.15) is 24.4 Å². The second-order valence-corrected chi connectivity index (χ2v) is 8.15. The molecular formula is C23H43IN6O. The molecule has 0 bridgehead atoms. The molecule has 2 N–H and O–H groups in total. The first-order chi connectivity index (χ1) is 14.6. The third-order valence-electron chi connectivity index (χ3n) is 5.69. The molecule has 1 fully saturated rings. The van der Waals surface area contributed by atoms with Crippen LogP contribution in [0.15, 0.2) is 35.3 Å². The molecule has 0 radical (unpaired) electrons. The molecule has 0 saturated carbocycles. The van der Waals surface area contributed by atoms with Gasteiger partial charge in [-0.3, -0.25) is 9.89 Å². The van der Waals surface area contributed by atoms with E-state index >= 15 is 0 Å². The Morgan fingerprint density at radius 2 is 1.87 bits per heavy atom. The van der Waals surface area contributed by atoms with Crippen molar-refractivity contribution < 1.29 is 4.74 Å². The Morgan fingerprint density at radius 3 is 2.58 bits per heavy atom. The molecule has 1 saturated heterocycles. The summed E-state index contributed by atoms with van der Waals surface area (Å²) >= 11 is 0. The van der Waals surface area contributed by atoms with Crippen LogP contribution in [-0.2, 0) is 4.74 Å². The van der Waals surface area contributed by atoms with E-state index in [0.29, 0.717) is 6.04 Å². The number of ether oxygens (including phenoxy) is 1. The van der Waals surface area contributed by atoms with Gasteiger partial charge in [0.1, 0.15) is 0 Å². The van der Waals surface area contributed by atoms with E-state index in [1.807, 2.05) is 7.05 Å². The van der Waals surface area contributed by atoms with Crippen molar-refractivity contribution in [2.75, 3.05) is 87.2 Å². The molecule has 2 rings (SSSR count). The van der Waals surface area contributed by atoms with E-state index in [1.165, 1.54) is 5.56 Å². The summed E-state index contributed by atoms with van der Waals surface area (Å²) in [4.78, 5) is 11.7. The molecule has 0 spiro atoms. The van der Waals surface area contributed by atoms with Gasteiger partial charge in [-0.15, -0.1) is 24.0 Å². The monoisotopic (exact) mass is 546 g/mol. The molecule has 0 amide bonds. The predicted octanol–water partition coefficient (Wildman–Crippen LogP) is 2.12. The lowest BCUT2D eigenvalue weighted by Gasteiger charge is -2.40. The zero-order valence-corrected chi connectivity index (χ0v) is 22.2. The molecule has 1 heterocycles. The van der Waals surface area contributed by atoms with Crippen molar-refractivity contribution in [3.63, 3.8) is 0 Å². The van der Waals surface area contributed by atoms with Crippen molar-refractivity contribution >= 4 is 29.9 Å². The lowest BCUT2D eigenvalue weighted by molar-refractivity contribution is 0.0891. The molecule has 1 aromatic carbocycles. The number of piperazine rings is 1. The van der Waals surface area contributed by atoms with Crippen LogP contribution in [0.4, 0.5) is 0 Å². The minimum absolute atomic E-state index is 0. The zero-order valence-electron chi connectivity index (χ0n) is 19.8. The topological polar surface area (TPSA) is 55.4 Å². The molecule has 178 valence electrons. The normalized spacial score (nSPS) is 18.1. The predicted molar refractivity (Wildman–Crippen MR) is 142 cm³/mol. The van der Waals surface area contributed by atoms with Crippen LogP contribution < -0.4 is 10.6 Å². The molecule has 1 aromatic rings. The number of likely N-dealkylation sites (N-methyl/N-ethyl adjacent to an activating group) is 2. The van der Waals surface area contributed by atoms with Crippen LogP contribution in [0.3, 0.4) is 0 Å². The number of benzene rings is 1. The second kappa shape index (κ2) is 16.7. The maximum absolute atomic E-state index is 5.11. The van der Waals surface area contributed by atoms with Crippen molar-refractivity contribution in [3.05, 3.63) is 35.9 Å². The Hall–Kier alpha value is -0.940. The highest BCUT2D eigenvalue weighted by Gasteiger charge is 2.25. The van der Waals surface area contributed by atoms with Gasteiger partial charge in [-0.05, 0) is 32.5 Å². The second-order valence-electron chi connectivity index (χ2n) is 8.15. The number of hydrogen-bond donors (Lipinski definition) is 2. The number of aliphatic imine (C=N–C) groups is 1. The minimum atomic E-state index is 0. The highest BCUT2D eigenvalue weighted by Crippen LogP contribution is 2.24. The molecular weight excluding hydrogens is 503 g/mol. The van der Waals surface area contributed by atoms with E-state index in [1.54, 1.807) is 7.11 Å². The van der Waals surface area contributed by atoms with E-state index < -0.39 is 0 Å². The van der Waals surface area contributed by atoms with Crippen LogP contribution in [0.25, 0.3) is 0 Å². The molecule has 0 aromatic heterocycles. The standard InChI is InChI=1S/C23H42N6O.HI/c1-24-23(26-13-16-27(2)14-9-19-30-4)25-12-8-15-29-18-17-28(3)20-22(29)21-10-6-5-7-11-21;/h5-7,10-11,22H,8-9,12-20H2,1-4H3,(H2,24,25,26);1H. The summed E-state index contributed by atoms with van der Waals surface area (Å²) in [5.74, 6) is 0.887. The lowest BCUT2D eigenvalue weighted by Crippen LogP contribution is -2.47. The Morgan fingerprint density at radius 1 is 1.13 bits per heavy atom. The van der Waals surface area contributed by atoms with Crippen LogP contribution in [-0.4, -0.2) is 108 Å². The molecule has 0 aliphatic carbocycles. The quantitative estimate of drug-likeness (QED) is 0.181. The summed E-state index contributed by atoms with van der Waals surface area (Å²) in [7, 11) is 7.96. The average molecular weight is 547 g/mol. The van der Waals surface area contributed by atoms with Gasteiger partial charge in [0.2, 0.25) is 0 Å². The van der Waals surface area contributed by atoms with Gasteiger partial charge in [-0.1, -0.05) is 30.3 Å². The Kier molecular flexibility index (Phi) is 15.1. The van der Waals surface area contributed by atoms with E-state index in [0.717, 1.165) is 77.8 Å². The van der Waals surface area contributed by atoms with Gasteiger partial charge < -0.3 is 25.2 Å². The van der Waals surface area contributed by atoms with Crippen molar-refractivity contribution in [1.82, 2.24) is 25.3 Å². The van der Waals surface area contributed by atoms with E-state index in [-0.39, 0.29) is 24.0 Å². The first-order valence-corrected chi connectivity index (χ1v) is 11.2. The highest BCUT2D eigenvalue weighted by molar-refractivity contribution is 14.0. The maximum atomic E-state index is 5.11. The molecule has 1 aliphatic heterocycles. The molecule has 7 nitrogen and oxygen atoms in total. The Balaban J connectivity index is 0.00000480. The van der Waals surface area contributed by atoms with Crippen molar-refractivity contribution in [3.8, 4) is 0 Å². The Labute approximate surface area is 206 Å². The molecule has 8 heteroatoms. The number of methoxy groups -OCH3 is 1. The van der Waals surface area contributed by atoms with Crippen molar-refractivity contribution in [2.24, 2.45) is 4.99 Å². The van der Waals surface area contributed by atoms with Crippen LogP contribution in [0, 0.1) is 0 Å². The average Bonchev–Trinajstić information content (AvgIpc) is 2.77. The SMILES string of the molecule is CN=C(NCCCN1CCN(C)CC1c1ccccc1)NCCN(C)CCCOC.I. The Bertz CT molecular complexity index is 603. The van der Waals surface area contributed by atoms with Gasteiger partial charge in [0, 0.05) is 79.2 Å². The summed E-state index contributed by atoms with van der Waals surface area (Å²) in [6.45, 7) is 9.13. The third-order valence-corrected chi connectivity index (χ3v) is 5.69. The van der Waals surface area contributed by atoms with Gasteiger partial charge in [0.05, 0.1) is 0 Å². The minimum Gasteiger partial charge on any atom is -0.385 e. The first-order valence-electron chi connectivity index (χ1n) is 11.2. The van der Waals surface area contributed by atoms with Gasteiger partial charge in [0.25, 0.3) is 0 Å². The van der Waals surface area contributed by atoms with Gasteiger partial charge in [-0.2, -0.15) is 0 Å². The van der Waals surface area contributed by atoms with Crippen molar-refractivity contribution in [1.29, 1.82) is 0 Å². The van der Waals surface area contributed by atoms with Gasteiger partial charge >= 0.3 is 0 Å². The lowest BCUT2D eigenvalue weighted by atomic mass is 10.0. The number of hydrogen-bond acceptors (Lipinski definition) is 5. The molecule has 31 heavy (non-hydrogen) atoms. The summed E-state index contributed by atoms with van der Waals surface area (Å²) in [6, 6.07) is 11.4. The van der Waals surface area contributed by atoms with Gasteiger partial charge in [0.15, 0.2) is 5.96 Å². The fraction of sp³-hybridized carbons (Fsp3) is 0.696. The summed E-state index contributed by atoms with van der Waals surface area (Å²) in [6.07, 6.45) is 2.17. The summed E-state index contributed by atoms with van der Waals surface area (Å²) < 4.78 is 5.11. The molecule has 1 aliphatic rings. The first kappa shape index (κ1) is 28.1. The number of nitrogens with one attached hydrogen (secondary N) is 2. The summed E-state index contributed by atoms with van der Waals surface area (Å²) in [5.41, 5.74) is 1.42. The number of nitrogens with zero attached hydrogens (tertiary/aromatic N) is 4. The molecule has 1 atom stereocenters. The summed E-state index contributed by atoms with van der Waals surface area (Å²) in [5, 5.41) is 6.88. The van der Waals surface area contributed by atoms with Crippen LogP contribution in [0.5, 0.6) is 0 Å². The maximum Gasteiger partial charge on any atom is 0.191 e. The number of rotatable bonds is 12. The highest BCUT2D eigenvalue weighted by atomic mass is 127. The number of guanidine groups is 1. The van der Waals surface area contributed by atoms with E-state index in [9.17, 15) is 0 Å². The fourth-order valence-electron chi connectivity index (χ4n) is 3.88. The van der Waals surface area contributed by atoms with Crippen molar-refractivity contribution in [2.45, 2.75) is 18.9 Å². The molecule has 1 unspecified atom stereocenters. The van der Waals surface area contributed by atoms with Gasteiger partial charge in [-0.25, -0.2) is 0 Å².